The minimum Gasteiger partial charge on any atom is -0.497 e. The molecule has 2 atom stereocenters. The number of methoxy groups -OCH3 is 1. The number of thioether (sulfide) groups is 1. The molecule has 2 heterocycles. The SMILES string of the molecule is COc1ccc(NC(=O)c2ccc(COC(=O)[C@@H]3CS[C@@]4(C)CCC(=O)N34)cc2)cc1. The number of carbonyl (C=O) groups excluding carboxylic acids is 3. The average Bonchev–Trinajstić information content (AvgIpc) is 3.28. The van der Waals surface area contributed by atoms with Crippen molar-refractivity contribution >= 4 is 35.2 Å². The standard InChI is InChI=1S/C23H24N2O5S/c1-23-12-11-20(26)25(23)19(14-31-23)22(28)30-13-15-3-5-16(6-4-15)21(27)24-17-7-9-18(29-2)10-8-17/h3-10,19H,11-14H2,1-2H3,(H,24,27)/t19-,23-/m0/s1. The van der Waals surface area contributed by atoms with Gasteiger partial charge in [0.25, 0.3) is 5.91 Å². The fourth-order valence-corrected chi connectivity index (χ4v) is 5.29. The Labute approximate surface area is 185 Å². The predicted molar refractivity (Wildman–Crippen MR) is 118 cm³/mol. The van der Waals surface area contributed by atoms with Crippen LogP contribution in [-0.4, -0.2) is 46.5 Å². The topological polar surface area (TPSA) is 84.9 Å². The van der Waals surface area contributed by atoms with Crippen LogP contribution in [0.15, 0.2) is 48.5 Å². The Morgan fingerprint density at radius 3 is 2.55 bits per heavy atom. The van der Waals surface area contributed by atoms with Gasteiger partial charge < -0.3 is 19.7 Å². The van der Waals surface area contributed by atoms with Crippen molar-refractivity contribution in [3.05, 3.63) is 59.7 Å². The Morgan fingerprint density at radius 2 is 1.87 bits per heavy atom. The number of amides is 2. The van der Waals surface area contributed by atoms with Crippen molar-refractivity contribution < 1.29 is 23.9 Å². The van der Waals surface area contributed by atoms with E-state index in [2.05, 4.69) is 5.32 Å². The van der Waals surface area contributed by atoms with Crippen molar-refractivity contribution in [2.75, 3.05) is 18.2 Å². The first-order valence-corrected chi connectivity index (χ1v) is 11.1. The van der Waals surface area contributed by atoms with E-state index in [1.807, 2.05) is 6.92 Å². The second kappa shape index (κ2) is 8.63. The lowest BCUT2D eigenvalue weighted by atomic mass is 10.1. The van der Waals surface area contributed by atoms with E-state index in [0.29, 0.717) is 29.2 Å². The minimum atomic E-state index is -0.528. The molecular weight excluding hydrogens is 416 g/mol. The van der Waals surface area contributed by atoms with E-state index in [-0.39, 0.29) is 29.3 Å². The molecule has 2 aliphatic rings. The van der Waals surface area contributed by atoms with E-state index in [9.17, 15) is 14.4 Å². The minimum absolute atomic E-state index is 0.0154. The van der Waals surface area contributed by atoms with Gasteiger partial charge in [-0.05, 0) is 55.3 Å². The summed E-state index contributed by atoms with van der Waals surface area (Å²) in [7, 11) is 1.59. The van der Waals surface area contributed by atoms with Gasteiger partial charge in [-0.2, -0.15) is 0 Å². The summed E-state index contributed by atoms with van der Waals surface area (Å²) in [6, 6.07) is 13.4. The van der Waals surface area contributed by atoms with Crippen molar-refractivity contribution in [2.24, 2.45) is 0 Å². The Bertz CT molecular complexity index is 992. The summed E-state index contributed by atoms with van der Waals surface area (Å²) in [5.41, 5.74) is 1.94. The van der Waals surface area contributed by atoms with E-state index in [4.69, 9.17) is 9.47 Å². The van der Waals surface area contributed by atoms with Crippen LogP contribution < -0.4 is 10.1 Å². The van der Waals surface area contributed by atoms with Crippen LogP contribution in [0.25, 0.3) is 0 Å². The van der Waals surface area contributed by atoms with Gasteiger partial charge in [-0.3, -0.25) is 9.59 Å². The molecule has 1 N–H and O–H groups in total. The number of anilines is 1. The molecular formula is C23H24N2O5S. The molecule has 31 heavy (non-hydrogen) atoms. The van der Waals surface area contributed by atoms with Gasteiger partial charge in [-0.1, -0.05) is 12.1 Å². The Hall–Kier alpha value is -3.00. The predicted octanol–water partition coefficient (Wildman–Crippen LogP) is 3.44. The van der Waals surface area contributed by atoms with Crippen LogP contribution in [0.1, 0.15) is 35.7 Å². The van der Waals surface area contributed by atoms with Crippen LogP contribution >= 0.6 is 11.8 Å². The van der Waals surface area contributed by atoms with E-state index in [0.717, 1.165) is 12.0 Å². The van der Waals surface area contributed by atoms with E-state index >= 15 is 0 Å². The summed E-state index contributed by atoms with van der Waals surface area (Å²) in [6.07, 6.45) is 1.24. The van der Waals surface area contributed by atoms with Crippen molar-refractivity contribution in [1.82, 2.24) is 4.90 Å². The normalized spacial score (nSPS) is 22.2. The quantitative estimate of drug-likeness (QED) is 0.693. The maximum absolute atomic E-state index is 12.6. The molecule has 2 aromatic carbocycles. The van der Waals surface area contributed by atoms with Crippen molar-refractivity contribution in [3.8, 4) is 5.75 Å². The highest BCUT2D eigenvalue weighted by Gasteiger charge is 2.53. The van der Waals surface area contributed by atoms with Crippen LogP contribution in [0.4, 0.5) is 5.69 Å². The molecule has 0 bridgehead atoms. The molecule has 2 amide bonds. The van der Waals surface area contributed by atoms with Gasteiger partial charge in [0.15, 0.2) is 0 Å². The van der Waals surface area contributed by atoms with Crippen LogP contribution in [-0.2, 0) is 20.9 Å². The zero-order valence-corrected chi connectivity index (χ0v) is 18.2. The number of fused-ring (bicyclic) bond motifs is 1. The van der Waals surface area contributed by atoms with Gasteiger partial charge in [0, 0.05) is 23.4 Å². The van der Waals surface area contributed by atoms with Crippen LogP contribution in [0.2, 0.25) is 0 Å². The second-order valence-corrected chi connectivity index (χ2v) is 9.25. The monoisotopic (exact) mass is 440 g/mol. The molecule has 0 unspecified atom stereocenters. The first-order valence-electron chi connectivity index (χ1n) is 10.1. The maximum Gasteiger partial charge on any atom is 0.330 e. The Kier molecular flexibility index (Phi) is 5.91. The van der Waals surface area contributed by atoms with Gasteiger partial charge in [-0.25, -0.2) is 4.79 Å². The van der Waals surface area contributed by atoms with Crippen LogP contribution in [0.3, 0.4) is 0 Å². The molecule has 162 valence electrons. The molecule has 8 heteroatoms. The lowest BCUT2D eigenvalue weighted by molar-refractivity contribution is -0.154. The molecule has 0 saturated carbocycles. The lowest BCUT2D eigenvalue weighted by Gasteiger charge is -2.29. The molecule has 0 radical (unpaired) electrons. The number of benzene rings is 2. The smallest absolute Gasteiger partial charge is 0.330 e. The number of hydrogen-bond acceptors (Lipinski definition) is 6. The fraction of sp³-hybridized carbons (Fsp3) is 0.348. The first kappa shape index (κ1) is 21.2. The molecule has 2 aromatic rings. The summed E-state index contributed by atoms with van der Waals surface area (Å²) >= 11 is 1.64. The molecule has 0 aromatic heterocycles. The highest BCUT2D eigenvalue weighted by molar-refractivity contribution is 8.01. The summed E-state index contributed by atoms with van der Waals surface area (Å²) in [6.45, 7) is 2.10. The van der Waals surface area contributed by atoms with Crippen molar-refractivity contribution in [2.45, 2.75) is 37.3 Å². The van der Waals surface area contributed by atoms with E-state index < -0.39 is 6.04 Å². The summed E-state index contributed by atoms with van der Waals surface area (Å²) < 4.78 is 10.6. The summed E-state index contributed by atoms with van der Waals surface area (Å²) in [5.74, 6) is 0.677. The average molecular weight is 441 g/mol. The third-order valence-corrected chi connectivity index (χ3v) is 7.17. The summed E-state index contributed by atoms with van der Waals surface area (Å²) in [5, 5.41) is 2.83. The fourth-order valence-electron chi connectivity index (χ4n) is 3.88. The molecule has 0 spiro atoms. The van der Waals surface area contributed by atoms with Gasteiger partial charge in [0.2, 0.25) is 5.91 Å². The third-order valence-electron chi connectivity index (χ3n) is 5.66. The molecule has 0 aliphatic carbocycles. The van der Waals surface area contributed by atoms with Gasteiger partial charge >= 0.3 is 5.97 Å². The molecule has 2 aliphatic heterocycles. The van der Waals surface area contributed by atoms with Crippen molar-refractivity contribution in [1.29, 1.82) is 0 Å². The third kappa shape index (κ3) is 4.39. The molecule has 4 rings (SSSR count). The summed E-state index contributed by atoms with van der Waals surface area (Å²) in [4.78, 5) is 38.6. The number of esters is 1. The van der Waals surface area contributed by atoms with E-state index in [1.54, 1.807) is 72.3 Å². The Morgan fingerprint density at radius 1 is 1.16 bits per heavy atom. The van der Waals surface area contributed by atoms with Gasteiger partial charge in [-0.15, -0.1) is 11.8 Å². The highest BCUT2D eigenvalue weighted by Crippen LogP contribution is 2.47. The first-order chi connectivity index (χ1) is 14.9. The largest absolute Gasteiger partial charge is 0.497 e. The van der Waals surface area contributed by atoms with Gasteiger partial charge in [0.1, 0.15) is 18.4 Å². The number of carbonyl (C=O) groups is 3. The number of nitrogens with zero attached hydrogens (tertiary/aromatic N) is 1. The number of ether oxygens (including phenoxy) is 2. The second-order valence-electron chi connectivity index (χ2n) is 7.75. The number of nitrogens with one attached hydrogen (secondary N) is 1. The highest BCUT2D eigenvalue weighted by atomic mass is 32.2. The number of hydrogen-bond donors (Lipinski definition) is 1. The van der Waals surface area contributed by atoms with Crippen molar-refractivity contribution in [3.63, 3.8) is 0 Å². The Balaban J connectivity index is 1.31. The molecule has 2 fully saturated rings. The maximum atomic E-state index is 12.6. The van der Waals surface area contributed by atoms with Crippen LogP contribution in [0, 0.1) is 0 Å². The lowest BCUT2D eigenvalue weighted by Crippen LogP contribution is -2.46. The zero-order chi connectivity index (χ0) is 22.0. The number of rotatable bonds is 6. The van der Waals surface area contributed by atoms with Crippen LogP contribution in [0.5, 0.6) is 5.75 Å². The van der Waals surface area contributed by atoms with Gasteiger partial charge in [0.05, 0.1) is 12.0 Å². The molecule has 2 saturated heterocycles. The zero-order valence-electron chi connectivity index (χ0n) is 17.4. The molecule has 7 nitrogen and oxygen atoms in total. The van der Waals surface area contributed by atoms with E-state index in [1.165, 1.54) is 0 Å².